The molecule has 1 aliphatic rings. The Kier molecular flexibility index (Phi) is 2.92. The maximum atomic E-state index is 11.7. The molecule has 3 rings (SSSR count). The van der Waals surface area contributed by atoms with Gasteiger partial charge in [-0.2, -0.15) is 0 Å². The van der Waals surface area contributed by atoms with Crippen molar-refractivity contribution in [3.05, 3.63) is 36.8 Å². The number of β-amino-alcohol motifs (C(OH)–C–C–N with tert-alkyl or cyclic N) is 1. The number of aromatic nitrogens is 3. The Morgan fingerprint density at radius 1 is 1.21 bits per heavy atom. The molecule has 2 aromatic rings. The molecule has 1 saturated heterocycles. The minimum atomic E-state index is -0.638. The first-order valence-corrected chi connectivity index (χ1v) is 5.96. The number of hydrogen-bond acceptors (Lipinski definition) is 5. The van der Waals surface area contributed by atoms with Gasteiger partial charge in [-0.3, -0.25) is 14.7 Å². The highest BCUT2D eigenvalue weighted by atomic mass is 16.3. The van der Waals surface area contributed by atoms with Gasteiger partial charge in [0.2, 0.25) is 11.9 Å². The highest BCUT2D eigenvalue weighted by Gasteiger charge is 2.30. The van der Waals surface area contributed by atoms with Crippen LogP contribution < -0.4 is 4.90 Å². The van der Waals surface area contributed by atoms with Crippen molar-refractivity contribution in [2.75, 3.05) is 11.4 Å². The van der Waals surface area contributed by atoms with Gasteiger partial charge in [0.25, 0.3) is 0 Å². The number of carbonyl (C=O) groups is 1. The molecule has 0 bridgehead atoms. The monoisotopic (exact) mass is 256 g/mol. The first-order valence-electron chi connectivity index (χ1n) is 5.96. The van der Waals surface area contributed by atoms with E-state index in [4.69, 9.17) is 0 Å². The molecule has 1 atom stereocenters. The van der Waals surface area contributed by atoms with E-state index in [1.807, 2.05) is 12.1 Å². The maximum Gasteiger partial charge on any atom is 0.232 e. The second-order valence-electron chi connectivity index (χ2n) is 4.34. The van der Waals surface area contributed by atoms with Crippen LogP contribution in [0.5, 0.6) is 0 Å². The summed E-state index contributed by atoms with van der Waals surface area (Å²) < 4.78 is 0. The van der Waals surface area contributed by atoms with Gasteiger partial charge in [-0.1, -0.05) is 0 Å². The summed E-state index contributed by atoms with van der Waals surface area (Å²) in [7, 11) is 0. The van der Waals surface area contributed by atoms with Crippen molar-refractivity contribution in [1.29, 1.82) is 0 Å². The fourth-order valence-electron chi connectivity index (χ4n) is 2.04. The van der Waals surface area contributed by atoms with Crippen molar-refractivity contribution in [2.24, 2.45) is 0 Å². The molecule has 0 spiro atoms. The normalized spacial score (nSPS) is 18.9. The van der Waals surface area contributed by atoms with Crippen molar-refractivity contribution in [3.8, 4) is 11.3 Å². The third-order valence-corrected chi connectivity index (χ3v) is 2.96. The van der Waals surface area contributed by atoms with E-state index in [0.717, 1.165) is 11.3 Å². The summed E-state index contributed by atoms with van der Waals surface area (Å²) in [5, 5.41) is 9.49. The Morgan fingerprint density at radius 2 is 2.00 bits per heavy atom. The summed E-state index contributed by atoms with van der Waals surface area (Å²) in [6.45, 7) is 0.249. The Bertz CT molecular complexity index is 603. The zero-order valence-electron chi connectivity index (χ0n) is 10.1. The van der Waals surface area contributed by atoms with Crippen LogP contribution in [0, 0.1) is 0 Å². The van der Waals surface area contributed by atoms with Gasteiger partial charge in [0, 0.05) is 24.2 Å². The van der Waals surface area contributed by atoms with Crippen molar-refractivity contribution in [2.45, 2.75) is 12.5 Å². The van der Waals surface area contributed by atoms with Crippen LogP contribution >= 0.6 is 0 Å². The van der Waals surface area contributed by atoms with Gasteiger partial charge in [0.15, 0.2) is 0 Å². The van der Waals surface area contributed by atoms with E-state index in [0.29, 0.717) is 5.95 Å². The van der Waals surface area contributed by atoms with Gasteiger partial charge in [0.05, 0.1) is 24.8 Å². The van der Waals surface area contributed by atoms with Crippen LogP contribution in [-0.2, 0) is 4.79 Å². The summed E-state index contributed by atoms with van der Waals surface area (Å²) in [6, 6.07) is 5.45. The van der Waals surface area contributed by atoms with Gasteiger partial charge >= 0.3 is 0 Å². The average Bonchev–Trinajstić information content (AvgIpc) is 2.79. The van der Waals surface area contributed by atoms with Gasteiger partial charge in [0.1, 0.15) is 0 Å². The van der Waals surface area contributed by atoms with E-state index >= 15 is 0 Å². The zero-order chi connectivity index (χ0) is 13.2. The highest BCUT2D eigenvalue weighted by molar-refractivity contribution is 5.94. The van der Waals surface area contributed by atoms with E-state index in [-0.39, 0.29) is 18.9 Å². The SMILES string of the molecule is O=C1CC(O)CN1c1nccc(-c2ccncc2)n1. The number of amides is 1. The van der Waals surface area contributed by atoms with E-state index in [1.54, 1.807) is 24.7 Å². The molecule has 19 heavy (non-hydrogen) atoms. The molecule has 1 aliphatic heterocycles. The second-order valence-corrected chi connectivity index (χ2v) is 4.34. The molecule has 6 heteroatoms. The summed E-state index contributed by atoms with van der Waals surface area (Å²) in [5.74, 6) is 0.176. The zero-order valence-corrected chi connectivity index (χ0v) is 10.1. The van der Waals surface area contributed by atoms with Gasteiger partial charge in [-0.25, -0.2) is 9.97 Å². The maximum absolute atomic E-state index is 11.7. The molecule has 0 radical (unpaired) electrons. The van der Waals surface area contributed by atoms with Crippen LogP contribution in [-0.4, -0.2) is 38.6 Å². The number of pyridine rings is 1. The van der Waals surface area contributed by atoms with Crippen molar-refractivity contribution in [3.63, 3.8) is 0 Å². The number of carbonyl (C=O) groups excluding carboxylic acids is 1. The lowest BCUT2D eigenvalue weighted by Gasteiger charge is -2.13. The Balaban J connectivity index is 1.95. The summed E-state index contributed by atoms with van der Waals surface area (Å²) in [5.41, 5.74) is 1.63. The van der Waals surface area contributed by atoms with Crippen molar-refractivity contribution in [1.82, 2.24) is 15.0 Å². The lowest BCUT2D eigenvalue weighted by molar-refractivity contribution is -0.117. The van der Waals surface area contributed by atoms with Crippen LogP contribution in [0.4, 0.5) is 5.95 Å². The van der Waals surface area contributed by atoms with Crippen LogP contribution in [0.15, 0.2) is 36.8 Å². The fraction of sp³-hybridized carbons (Fsp3) is 0.231. The summed E-state index contributed by atoms with van der Waals surface area (Å²) in [4.78, 5) is 25.5. The van der Waals surface area contributed by atoms with E-state index < -0.39 is 6.10 Å². The van der Waals surface area contributed by atoms with Crippen LogP contribution in [0.2, 0.25) is 0 Å². The molecule has 0 aromatic carbocycles. The van der Waals surface area contributed by atoms with Crippen LogP contribution in [0.25, 0.3) is 11.3 Å². The molecule has 1 N–H and O–H groups in total. The number of nitrogens with zero attached hydrogens (tertiary/aromatic N) is 4. The first kappa shape index (κ1) is 11.7. The van der Waals surface area contributed by atoms with E-state index in [9.17, 15) is 9.90 Å². The number of anilines is 1. The molecule has 1 fully saturated rings. The lowest BCUT2D eigenvalue weighted by atomic mass is 10.2. The minimum absolute atomic E-state index is 0.128. The van der Waals surface area contributed by atoms with Gasteiger partial charge < -0.3 is 5.11 Å². The fourth-order valence-corrected chi connectivity index (χ4v) is 2.04. The molecule has 0 saturated carbocycles. The van der Waals surface area contributed by atoms with E-state index in [2.05, 4.69) is 15.0 Å². The number of aliphatic hydroxyl groups excluding tert-OH is 1. The first-order chi connectivity index (χ1) is 9.24. The van der Waals surface area contributed by atoms with Crippen LogP contribution in [0.3, 0.4) is 0 Å². The quantitative estimate of drug-likeness (QED) is 0.852. The molecule has 2 aromatic heterocycles. The van der Waals surface area contributed by atoms with Gasteiger partial charge in [-0.05, 0) is 18.2 Å². The molecule has 96 valence electrons. The number of aliphatic hydroxyl groups is 1. The molecule has 1 unspecified atom stereocenters. The molecular formula is C13H12N4O2. The Hall–Kier alpha value is -2.34. The molecular weight excluding hydrogens is 244 g/mol. The standard InChI is InChI=1S/C13H12N4O2/c18-10-7-12(19)17(8-10)13-15-6-3-11(16-13)9-1-4-14-5-2-9/h1-6,10,18H,7-8H2. The predicted octanol–water partition coefficient (Wildman–Crippen LogP) is 0.636. The van der Waals surface area contributed by atoms with Gasteiger partial charge in [-0.15, -0.1) is 0 Å². The molecule has 6 nitrogen and oxygen atoms in total. The minimum Gasteiger partial charge on any atom is -0.391 e. The third kappa shape index (κ3) is 2.30. The average molecular weight is 256 g/mol. The largest absolute Gasteiger partial charge is 0.391 e. The van der Waals surface area contributed by atoms with Crippen molar-refractivity contribution >= 4 is 11.9 Å². The second kappa shape index (κ2) is 4.74. The predicted molar refractivity (Wildman–Crippen MR) is 68.2 cm³/mol. The third-order valence-electron chi connectivity index (χ3n) is 2.96. The smallest absolute Gasteiger partial charge is 0.232 e. The summed E-state index contributed by atoms with van der Waals surface area (Å²) in [6.07, 6.45) is 4.46. The number of hydrogen-bond donors (Lipinski definition) is 1. The number of rotatable bonds is 2. The van der Waals surface area contributed by atoms with E-state index in [1.165, 1.54) is 4.90 Å². The van der Waals surface area contributed by atoms with Crippen molar-refractivity contribution < 1.29 is 9.90 Å². The molecule has 0 aliphatic carbocycles. The Labute approximate surface area is 109 Å². The summed E-state index contributed by atoms with van der Waals surface area (Å²) >= 11 is 0. The lowest BCUT2D eigenvalue weighted by Crippen LogP contribution is -2.27. The highest BCUT2D eigenvalue weighted by Crippen LogP contribution is 2.21. The molecule has 3 heterocycles. The Morgan fingerprint density at radius 3 is 2.68 bits per heavy atom. The molecule has 1 amide bonds. The topological polar surface area (TPSA) is 79.2 Å². The van der Waals surface area contributed by atoms with Crippen LogP contribution in [0.1, 0.15) is 6.42 Å².